The standard InChI is InChI=1S/C13H12ClN3O2/c1-19-9-4-2-8(3-5-9)16-13(18)12-10(14)6-7-11(15)17-12/h2-7H,1H3,(H2,15,17)(H,16,18). The molecule has 0 saturated carbocycles. The number of nitrogen functional groups attached to an aromatic ring is 1. The first-order chi connectivity index (χ1) is 9.10. The van der Waals surface area contributed by atoms with Crippen molar-refractivity contribution in [3.8, 4) is 5.75 Å². The Labute approximate surface area is 115 Å². The minimum Gasteiger partial charge on any atom is -0.497 e. The molecule has 1 amide bonds. The van der Waals surface area contributed by atoms with Crippen molar-refractivity contribution in [3.05, 3.63) is 47.1 Å². The minimum atomic E-state index is -0.414. The summed E-state index contributed by atoms with van der Waals surface area (Å²) in [6.07, 6.45) is 0. The van der Waals surface area contributed by atoms with E-state index in [4.69, 9.17) is 22.1 Å². The van der Waals surface area contributed by atoms with Gasteiger partial charge in [-0.2, -0.15) is 0 Å². The molecule has 1 aromatic heterocycles. The summed E-state index contributed by atoms with van der Waals surface area (Å²) >= 11 is 5.91. The molecule has 1 heterocycles. The van der Waals surface area contributed by atoms with Crippen LogP contribution >= 0.6 is 11.6 Å². The van der Waals surface area contributed by atoms with Crippen LogP contribution in [0.3, 0.4) is 0 Å². The third-order valence-electron chi connectivity index (χ3n) is 2.43. The quantitative estimate of drug-likeness (QED) is 0.904. The van der Waals surface area contributed by atoms with Crippen LogP contribution in [0.4, 0.5) is 11.5 Å². The molecule has 19 heavy (non-hydrogen) atoms. The van der Waals surface area contributed by atoms with E-state index in [1.165, 1.54) is 12.1 Å². The van der Waals surface area contributed by atoms with E-state index in [1.54, 1.807) is 31.4 Å². The van der Waals surface area contributed by atoms with E-state index in [-0.39, 0.29) is 16.5 Å². The largest absolute Gasteiger partial charge is 0.497 e. The summed E-state index contributed by atoms with van der Waals surface area (Å²) in [5.41, 5.74) is 6.24. The number of aromatic nitrogens is 1. The van der Waals surface area contributed by atoms with E-state index in [0.29, 0.717) is 11.4 Å². The molecular weight excluding hydrogens is 266 g/mol. The zero-order valence-electron chi connectivity index (χ0n) is 10.2. The lowest BCUT2D eigenvalue weighted by Crippen LogP contribution is -2.15. The van der Waals surface area contributed by atoms with Gasteiger partial charge in [0.05, 0.1) is 12.1 Å². The number of hydrogen-bond donors (Lipinski definition) is 2. The molecule has 0 bridgehead atoms. The molecular formula is C13H12ClN3O2. The normalized spacial score (nSPS) is 10.0. The number of rotatable bonds is 3. The second kappa shape index (κ2) is 5.58. The molecule has 0 aliphatic rings. The first-order valence-corrected chi connectivity index (χ1v) is 5.85. The van der Waals surface area contributed by atoms with Crippen LogP contribution in [-0.2, 0) is 0 Å². The molecule has 2 aromatic rings. The van der Waals surface area contributed by atoms with Crippen LogP contribution in [0.25, 0.3) is 0 Å². The van der Waals surface area contributed by atoms with Gasteiger partial charge in [-0.05, 0) is 36.4 Å². The maximum Gasteiger partial charge on any atom is 0.275 e. The van der Waals surface area contributed by atoms with Crippen molar-refractivity contribution >= 4 is 29.0 Å². The number of pyridine rings is 1. The highest BCUT2D eigenvalue weighted by atomic mass is 35.5. The Hall–Kier alpha value is -2.27. The molecule has 0 aliphatic carbocycles. The summed E-state index contributed by atoms with van der Waals surface area (Å²) in [5.74, 6) is 0.532. The third kappa shape index (κ3) is 3.14. The number of methoxy groups -OCH3 is 1. The highest BCUT2D eigenvalue weighted by Gasteiger charge is 2.12. The molecule has 98 valence electrons. The molecule has 2 rings (SSSR count). The highest BCUT2D eigenvalue weighted by Crippen LogP contribution is 2.19. The lowest BCUT2D eigenvalue weighted by Gasteiger charge is -2.07. The number of benzene rings is 1. The number of nitrogens with two attached hydrogens (primary N) is 1. The SMILES string of the molecule is COc1ccc(NC(=O)c2nc(N)ccc2Cl)cc1. The Morgan fingerprint density at radius 1 is 1.26 bits per heavy atom. The fraction of sp³-hybridized carbons (Fsp3) is 0.0769. The van der Waals surface area contributed by atoms with Crippen molar-refractivity contribution in [1.29, 1.82) is 0 Å². The second-order valence-corrected chi connectivity index (χ2v) is 4.16. The maximum atomic E-state index is 12.0. The van der Waals surface area contributed by atoms with Crippen LogP contribution in [-0.4, -0.2) is 18.0 Å². The van der Waals surface area contributed by atoms with Crippen molar-refractivity contribution in [2.75, 3.05) is 18.2 Å². The highest BCUT2D eigenvalue weighted by molar-refractivity contribution is 6.34. The third-order valence-corrected chi connectivity index (χ3v) is 2.74. The van der Waals surface area contributed by atoms with Crippen molar-refractivity contribution in [3.63, 3.8) is 0 Å². The molecule has 0 aliphatic heterocycles. The number of amides is 1. The minimum absolute atomic E-state index is 0.0949. The van der Waals surface area contributed by atoms with E-state index < -0.39 is 5.91 Å². The molecule has 0 spiro atoms. The summed E-state index contributed by atoms with van der Waals surface area (Å²) in [6.45, 7) is 0. The Kier molecular flexibility index (Phi) is 3.87. The Balaban J connectivity index is 2.18. The average Bonchev–Trinajstić information content (AvgIpc) is 2.42. The van der Waals surface area contributed by atoms with Crippen LogP contribution in [0, 0.1) is 0 Å². The van der Waals surface area contributed by atoms with Gasteiger partial charge in [0.2, 0.25) is 0 Å². The maximum absolute atomic E-state index is 12.0. The monoisotopic (exact) mass is 277 g/mol. The Morgan fingerprint density at radius 2 is 1.95 bits per heavy atom. The Morgan fingerprint density at radius 3 is 2.58 bits per heavy atom. The predicted molar refractivity (Wildman–Crippen MR) is 74.6 cm³/mol. The van der Waals surface area contributed by atoms with E-state index in [2.05, 4.69) is 10.3 Å². The van der Waals surface area contributed by atoms with Crippen LogP contribution in [0.5, 0.6) is 5.75 Å². The van der Waals surface area contributed by atoms with Gasteiger partial charge in [-0.15, -0.1) is 0 Å². The molecule has 0 radical (unpaired) electrons. The number of ether oxygens (including phenoxy) is 1. The van der Waals surface area contributed by atoms with Gasteiger partial charge in [0.25, 0.3) is 5.91 Å². The summed E-state index contributed by atoms with van der Waals surface area (Å²) in [7, 11) is 1.57. The van der Waals surface area contributed by atoms with Gasteiger partial charge in [0, 0.05) is 5.69 Å². The van der Waals surface area contributed by atoms with Gasteiger partial charge < -0.3 is 15.8 Å². The number of carbonyl (C=O) groups excluding carboxylic acids is 1. The fourth-order valence-electron chi connectivity index (χ4n) is 1.48. The molecule has 0 unspecified atom stereocenters. The summed E-state index contributed by atoms with van der Waals surface area (Å²) < 4.78 is 5.03. The summed E-state index contributed by atoms with van der Waals surface area (Å²) in [4.78, 5) is 15.9. The summed E-state index contributed by atoms with van der Waals surface area (Å²) in [6, 6.07) is 9.99. The van der Waals surface area contributed by atoms with Crippen molar-refractivity contribution < 1.29 is 9.53 Å². The molecule has 5 nitrogen and oxygen atoms in total. The van der Waals surface area contributed by atoms with Gasteiger partial charge in [-0.25, -0.2) is 4.98 Å². The van der Waals surface area contributed by atoms with Crippen molar-refractivity contribution in [1.82, 2.24) is 4.98 Å². The first kappa shape index (κ1) is 13.2. The van der Waals surface area contributed by atoms with Crippen molar-refractivity contribution in [2.24, 2.45) is 0 Å². The molecule has 0 saturated heterocycles. The van der Waals surface area contributed by atoms with E-state index in [0.717, 1.165) is 0 Å². The smallest absolute Gasteiger partial charge is 0.275 e. The number of hydrogen-bond acceptors (Lipinski definition) is 4. The van der Waals surface area contributed by atoms with Gasteiger partial charge in [-0.3, -0.25) is 4.79 Å². The molecule has 1 aromatic carbocycles. The topological polar surface area (TPSA) is 77.2 Å². The molecule has 0 atom stereocenters. The number of anilines is 2. The van der Waals surface area contributed by atoms with Gasteiger partial charge in [0.1, 0.15) is 17.3 Å². The fourth-order valence-corrected chi connectivity index (χ4v) is 1.67. The lowest BCUT2D eigenvalue weighted by atomic mass is 10.2. The summed E-state index contributed by atoms with van der Waals surface area (Å²) in [5, 5.41) is 2.93. The van der Waals surface area contributed by atoms with E-state index in [1.807, 2.05) is 0 Å². The number of nitrogens with one attached hydrogen (secondary N) is 1. The molecule has 0 fully saturated rings. The van der Waals surface area contributed by atoms with Crippen LogP contribution < -0.4 is 15.8 Å². The average molecular weight is 278 g/mol. The van der Waals surface area contributed by atoms with Crippen molar-refractivity contribution in [2.45, 2.75) is 0 Å². The first-order valence-electron chi connectivity index (χ1n) is 5.47. The molecule has 6 heteroatoms. The molecule has 3 N–H and O–H groups in total. The number of nitrogens with zero attached hydrogens (tertiary/aromatic N) is 1. The second-order valence-electron chi connectivity index (χ2n) is 3.75. The number of halogens is 1. The number of carbonyl (C=O) groups is 1. The van der Waals surface area contributed by atoms with Crippen LogP contribution in [0.2, 0.25) is 5.02 Å². The van der Waals surface area contributed by atoms with Gasteiger partial charge in [0.15, 0.2) is 0 Å². The zero-order chi connectivity index (χ0) is 13.8. The predicted octanol–water partition coefficient (Wildman–Crippen LogP) is 2.58. The van der Waals surface area contributed by atoms with Crippen LogP contribution in [0.1, 0.15) is 10.5 Å². The van der Waals surface area contributed by atoms with E-state index >= 15 is 0 Å². The van der Waals surface area contributed by atoms with Gasteiger partial charge in [-0.1, -0.05) is 11.6 Å². The van der Waals surface area contributed by atoms with E-state index in [9.17, 15) is 4.79 Å². The van der Waals surface area contributed by atoms with Gasteiger partial charge >= 0.3 is 0 Å². The van der Waals surface area contributed by atoms with Crippen LogP contribution in [0.15, 0.2) is 36.4 Å². The lowest BCUT2D eigenvalue weighted by molar-refractivity contribution is 0.102. The zero-order valence-corrected chi connectivity index (χ0v) is 10.9. The Bertz CT molecular complexity index is 599.